The van der Waals surface area contributed by atoms with Crippen molar-refractivity contribution < 1.29 is 9.47 Å². The van der Waals surface area contributed by atoms with E-state index in [2.05, 4.69) is 12.4 Å². The van der Waals surface area contributed by atoms with Gasteiger partial charge in [0.25, 0.3) is 0 Å². The SMILES string of the molecule is CNC1CCCCCC1OCC1CCCO1. The lowest BCUT2D eigenvalue weighted by atomic mass is 10.1. The molecule has 0 aromatic carbocycles. The Hall–Kier alpha value is -0.120. The fraction of sp³-hybridized carbons (Fsp3) is 1.00. The fourth-order valence-electron chi connectivity index (χ4n) is 2.81. The van der Waals surface area contributed by atoms with E-state index in [0.29, 0.717) is 18.2 Å². The molecule has 0 spiro atoms. The van der Waals surface area contributed by atoms with Crippen molar-refractivity contribution in [1.82, 2.24) is 5.32 Å². The molecule has 3 unspecified atom stereocenters. The maximum absolute atomic E-state index is 6.06. The average Bonchev–Trinajstić information content (AvgIpc) is 2.71. The van der Waals surface area contributed by atoms with Crippen LogP contribution in [-0.2, 0) is 9.47 Å². The lowest BCUT2D eigenvalue weighted by molar-refractivity contribution is -0.0351. The second-order valence-electron chi connectivity index (χ2n) is 5.04. The molecule has 3 heteroatoms. The van der Waals surface area contributed by atoms with Crippen LogP contribution in [0.3, 0.4) is 0 Å². The van der Waals surface area contributed by atoms with Crippen molar-refractivity contribution in [2.45, 2.75) is 63.2 Å². The highest BCUT2D eigenvalue weighted by atomic mass is 16.5. The van der Waals surface area contributed by atoms with Crippen LogP contribution in [-0.4, -0.2) is 38.5 Å². The van der Waals surface area contributed by atoms with Gasteiger partial charge in [0, 0.05) is 12.6 Å². The van der Waals surface area contributed by atoms with E-state index in [1.807, 2.05) is 0 Å². The summed E-state index contributed by atoms with van der Waals surface area (Å²) in [5.74, 6) is 0. The summed E-state index contributed by atoms with van der Waals surface area (Å²) in [4.78, 5) is 0. The highest BCUT2D eigenvalue weighted by Crippen LogP contribution is 2.22. The number of ether oxygens (including phenoxy) is 2. The monoisotopic (exact) mass is 227 g/mol. The Morgan fingerprint density at radius 1 is 1.12 bits per heavy atom. The van der Waals surface area contributed by atoms with E-state index >= 15 is 0 Å². The summed E-state index contributed by atoms with van der Waals surface area (Å²) in [7, 11) is 2.05. The lowest BCUT2D eigenvalue weighted by Crippen LogP contribution is -2.39. The van der Waals surface area contributed by atoms with Crippen LogP contribution >= 0.6 is 0 Å². The minimum atomic E-state index is 0.362. The maximum atomic E-state index is 6.06. The van der Waals surface area contributed by atoms with Gasteiger partial charge in [-0.2, -0.15) is 0 Å². The van der Waals surface area contributed by atoms with Crippen LogP contribution in [0.25, 0.3) is 0 Å². The number of rotatable bonds is 4. The second-order valence-corrected chi connectivity index (χ2v) is 5.04. The molecule has 1 saturated carbocycles. The standard InChI is InChI=1S/C13H25NO2/c1-14-12-7-3-2-4-8-13(12)16-10-11-6-5-9-15-11/h11-14H,2-10H2,1H3. The Bertz CT molecular complexity index is 192. The van der Waals surface area contributed by atoms with E-state index in [9.17, 15) is 0 Å². The summed E-state index contributed by atoms with van der Waals surface area (Å²) >= 11 is 0. The zero-order chi connectivity index (χ0) is 11.2. The summed E-state index contributed by atoms with van der Waals surface area (Å²) < 4.78 is 11.7. The van der Waals surface area contributed by atoms with Crippen LogP contribution in [0.1, 0.15) is 44.9 Å². The van der Waals surface area contributed by atoms with Crippen molar-refractivity contribution in [3.63, 3.8) is 0 Å². The predicted molar refractivity (Wildman–Crippen MR) is 64.6 cm³/mol. The fourth-order valence-corrected chi connectivity index (χ4v) is 2.81. The van der Waals surface area contributed by atoms with E-state index < -0.39 is 0 Å². The molecule has 2 rings (SSSR count). The quantitative estimate of drug-likeness (QED) is 0.746. The summed E-state index contributed by atoms with van der Waals surface area (Å²) in [6.45, 7) is 1.72. The molecule has 1 heterocycles. The number of likely N-dealkylation sites (N-methyl/N-ethyl adjacent to an activating group) is 1. The molecule has 0 aromatic heterocycles. The van der Waals surface area contributed by atoms with Crippen LogP contribution in [0, 0.1) is 0 Å². The van der Waals surface area contributed by atoms with Gasteiger partial charge in [0.15, 0.2) is 0 Å². The Kier molecular flexibility index (Phi) is 5.07. The molecule has 0 bridgehead atoms. The van der Waals surface area contributed by atoms with Gasteiger partial charge in [-0.05, 0) is 32.7 Å². The number of nitrogens with one attached hydrogen (secondary N) is 1. The van der Waals surface area contributed by atoms with Crippen molar-refractivity contribution in [2.24, 2.45) is 0 Å². The minimum Gasteiger partial charge on any atom is -0.376 e. The number of hydrogen-bond donors (Lipinski definition) is 1. The smallest absolute Gasteiger partial charge is 0.0809 e. The van der Waals surface area contributed by atoms with Gasteiger partial charge in [-0.15, -0.1) is 0 Å². The minimum absolute atomic E-state index is 0.362. The topological polar surface area (TPSA) is 30.5 Å². The highest BCUT2D eigenvalue weighted by molar-refractivity contribution is 4.79. The van der Waals surface area contributed by atoms with E-state index in [1.54, 1.807) is 0 Å². The molecule has 3 nitrogen and oxygen atoms in total. The third kappa shape index (κ3) is 3.44. The van der Waals surface area contributed by atoms with E-state index in [-0.39, 0.29) is 0 Å². The third-order valence-electron chi connectivity index (χ3n) is 3.84. The summed E-state index contributed by atoms with van der Waals surface area (Å²) in [5, 5.41) is 3.40. The molecule has 2 aliphatic rings. The second kappa shape index (κ2) is 6.58. The van der Waals surface area contributed by atoms with Crippen molar-refractivity contribution in [3.8, 4) is 0 Å². The van der Waals surface area contributed by atoms with Gasteiger partial charge in [0.2, 0.25) is 0 Å². The molecular formula is C13H25NO2. The lowest BCUT2D eigenvalue weighted by Gasteiger charge is -2.26. The van der Waals surface area contributed by atoms with Crippen molar-refractivity contribution in [2.75, 3.05) is 20.3 Å². The van der Waals surface area contributed by atoms with E-state index in [1.165, 1.54) is 44.9 Å². The molecular weight excluding hydrogens is 202 g/mol. The zero-order valence-corrected chi connectivity index (χ0v) is 10.4. The molecule has 2 fully saturated rings. The van der Waals surface area contributed by atoms with Crippen LogP contribution in [0.2, 0.25) is 0 Å². The van der Waals surface area contributed by atoms with Gasteiger partial charge in [-0.25, -0.2) is 0 Å². The van der Waals surface area contributed by atoms with Gasteiger partial charge in [0.1, 0.15) is 0 Å². The van der Waals surface area contributed by atoms with Crippen LogP contribution in [0.4, 0.5) is 0 Å². The Labute approximate surface area is 98.9 Å². The van der Waals surface area contributed by atoms with E-state index in [0.717, 1.165) is 13.2 Å². The van der Waals surface area contributed by atoms with Gasteiger partial charge in [-0.3, -0.25) is 0 Å². The average molecular weight is 227 g/mol. The van der Waals surface area contributed by atoms with Gasteiger partial charge in [-0.1, -0.05) is 19.3 Å². The first-order valence-corrected chi connectivity index (χ1v) is 6.80. The summed E-state index contributed by atoms with van der Waals surface area (Å²) in [5.41, 5.74) is 0. The van der Waals surface area contributed by atoms with Gasteiger partial charge < -0.3 is 14.8 Å². The largest absolute Gasteiger partial charge is 0.376 e. The van der Waals surface area contributed by atoms with Crippen molar-refractivity contribution in [1.29, 1.82) is 0 Å². The molecule has 1 saturated heterocycles. The predicted octanol–water partition coefficient (Wildman–Crippen LogP) is 2.10. The molecule has 0 radical (unpaired) electrons. The number of hydrogen-bond acceptors (Lipinski definition) is 3. The Balaban J connectivity index is 1.75. The molecule has 3 atom stereocenters. The first kappa shape index (κ1) is 12.3. The molecule has 1 aliphatic carbocycles. The Morgan fingerprint density at radius 2 is 2.00 bits per heavy atom. The summed E-state index contributed by atoms with van der Waals surface area (Å²) in [6.07, 6.45) is 9.62. The molecule has 0 aromatic rings. The first-order chi connectivity index (χ1) is 7.90. The van der Waals surface area contributed by atoms with Crippen LogP contribution in [0.5, 0.6) is 0 Å². The van der Waals surface area contributed by atoms with E-state index in [4.69, 9.17) is 9.47 Å². The first-order valence-electron chi connectivity index (χ1n) is 6.80. The highest BCUT2D eigenvalue weighted by Gasteiger charge is 2.25. The molecule has 0 amide bonds. The summed E-state index contributed by atoms with van der Waals surface area (Å²) in [6, 6.07) is 0.545. The van der Waals surface area contributed by atoms with Crippen LogP contribution in [0.15, 0.2) is 0 Å². The Morgan fingerprint density at radius 3 is 2.75 bits per heavy atom. The van der Waals surface area contributed by atoms with Crippen molar-refractivity contribution in [3.05, 3.63) is 0 Å². The molecule has 1 N–H and O–H groups in total. The maximum Gasteiger partial charge on any atom is 0.0809 e. The zero-order valence-electron chi connectivity index (χ0n) is 10.4. The molecule has 16 heavy (non-hydrogen) atoms. The normalized spacial score (nSPS) is 36.2. The molecule has 1 aliphatic heterocycles. The third-order valence-corrected chi connectivity index (χ3v) is 3.84. The van der Waals surface area contributed by atoms with Crippen LogP contribution < -0.4 is 5.32 Å². The van der Waals surface area contributed by atoms with Crippen molar-refractivity contribution >= 4 is 0 Å². The van der Waals surface area contributed by atoms with Gasteiger partial charge >= 0.3 is 0 Å². The van der Waals surface area contributed by atoms with Gasteiger partial charge in [0.05, 0.1) is 18.8 Å². The molecule has 94 valence electrons.